The smallest absolute Gasteiger partial charge is 0.223 e. The molecule has 4 heteroatoms. The summed E-state index contributed by atoms with van der Waals surface area (Å²) in [5.74, 6) is 0.306. The zero-order valence-electron chi connectivity index (χ0n) is 13.3. The lowest BCUT2D eigenvalue weighted by atomic mass is 10.1. The predicted molar refractivity (Wildman–Crippen MR) is 89.9 cm³/mol. The van der Waals surface area contributed by atoms with Crippen LogP contribution in [0.15, 0.2) is 18.2 Å². The van der Waals surface area contributed by atoms with E-state index in [9.17, 15) is 4.79 Å². The third-order valence-corrected chi connectivity index (χ3v) is 4.05. The van der Waals surface area contributed by atoms with Crippen molar-refractivity contribution in [3.63, 3.8) is 0 Å². The van der Waals surface area contributed by atoms with Crippen molar-refractivity contribution in [2.75, 3.05) is 13.6 Å². The van der Waals surface area contributed by atoms with Crippen LogP contribution in [-0.2, 0) is 11.3 Å². The molecule has 0 spiro atoms. The second kappa shape index (κ2) is 8.40. The molecule has 2 rings (SSSR count). The van der Waals surface area contributed by atoms with Crippen LogP contribution in [-0.4, -0.2) is 30.4 Å². The van der Waals surface area contributed by atoms with Crippen LogP contribution >= 0.6 is 12.4 Å². The maximum atomic E-state index is 12.4. The minimum Gasteiger partial charge on any atom is -0.335 e. The minimum atomic E-state index is 0. The van der Waals surface area contributed by atoms with Gasteiger partial charge in [0.05, 0.1) is 0 Å². The van der Waals surface area contributed by atoms with Crippen molar-refractivity contribution in [1.82, 2.24) is 10.2 Å². The van der Waals surface area contributed by atoms with Crippen LogP contribution in [0.2, 0.25) is 0 Å². The highest BCUT2D eigenvalue weighted by atomic mass is 35.5. The van der Waals surface area contributed by atoms with Gasteiger partial charge in [-0.3, -0.25) is 4.79 Å². The molecule has 1 N–H and O–H groups in total. The number of aryl methyl sites for hydroxylation is 2. The maximum absolute atomic E-state index is 12.4. The Morgan fingerprint density at radius 1 is 1.29 bits per heavy atom. The van der Waals surface area contributed by atoms with Crippen molar-refractivity contribution in [2.24, 2.45) is 0 Å². The van der Waals surface area contributed by atoms with Gasteiger partial charge in [0, 0.05) is 19.0 Å². The monoisotopic (exact) mass is 310 g/mol. The number of nitrogens with one attached hydrogen (secondary N) is 1. The molecule has 118 valence electrons. The number of rotatable bonds is 7. The Morgan fingerprint density at radius 3 is 2.57 bits per heavy atom. The van der Waals surface area contributed by atoms with Crippen molar-refractivity contribution < 1.29 is 4.79 Å². The Morgan fingerprint density at radius 2 is 2.00 bits per heavy atom. The van der Waals surface area contributed by atoms with Crippen molar-refractivity contribution in [3.8, 4) is 0 Å². The molecule has 0 aliphatic heterocycles. The molecule has 0 aromatic heterocycles. The quantitative estimate of drug-likeness (QED) is 0.784. The Labute approximate surface area is 134 Å². The zero-order chi connectivity index (χ0) is 14.5. The van der Waals surface area contributed by atoms with E-state index in [1.807, 2.05) is 7.05 Å². The minimum absolute atomic E-state index is 0. The van der Waals surface area contributed by atoms with Gasteiger partial charge in [0.1, 0.15) is 0 Å². The molecule has 1 amide bonds. The fourth-order valence-electron chi connectivity index (χ4n) is 2.47. The molecule has 0 saturated heterocycles. The van der Waals surface area contributed by atoms with E-state index in [0.717, 1.165) is 19.5 Å². The van der Waals surface area contributed by atoms with Crippen molar-refractivity contribution in [2.45, 2.75) is 52.1 Å². The Bertz CT molecular complexity index is 472. The molecule has 1 aromatic carbocycles. The molecule has 1 fully saturated rings. The van der Waals surface area contributed by atoms with Gasteiger partial charge in [-0.2, -0.15) is 0 Å². The zero-order valence-corrected chi connectivity index (χ0v) is 14.1. The number of carbonyl (C=O) groups excluding carboxylic acids is 1. The molecule has 1 saturated carbocycles. The number of hydrogen-bond acceptors (Lipinski definition) is 2. The molecule has 1 aliphatic rings. The first-order valence-corrected chi connectivity index (χ1v) is 7.62. The number of nitrogens with zero attached hydrogens (tertiary/aromatic N) is 1. The Balaban J connectivity index is 0.00000220. The number of amides is 1. The van der Waals surface area contributed by atoms with E-state index in [4.69, 9.17) is 0 Å². The van der Waals surface area contributed by atoms with E-state index >= 15 is 0 Å². The highest BCUT2D eigenvalue weighted by Crippen LogP contribution is 2.29. The summed E-state index contributed by atoms with van der Waals surface area (Å²) in [5, 5.41) is 3.10. The molecule has 0 radical (unpaired) electrons. The van der Waals surface area contributed by atoms with Crippen LogP contribution in [0.25, 0.3) is 0 Å². The molecular formula is C17H27ClN2O. The van der Waals surface area contributed by atoms with Gasteiger partial charge in [0.2, 0.25) is 5.91 Å². The molecule has 21 heavy (non-hydrogen) atoms. The topological polar surface area (TPSA) is 32.3 Å². The summed E-state index contributed by atoms with van der Waals surface area (Å²) < 4.78 is 0. The van der Waals surface area contributed by atoms with Crippen LogP contribution in [0.5, 0.6) is 0 Å². The van der Waals surface area contributed by atoms with Gasteiger partial charge in [-0.1, -0.05) is 18.2 Å². The summed E-state index contributed by atoms with van der Waals surface area (Å²) in [6.45, 7) is 5.94. The average Bonchev–Trinajstić information content (AvgIpc) is 3.24. The van der Waals surface area contributed by atoms with Crippen molar-refractivity contribution >= 4 is 18.3 Å². The van der Waals surface area contributed by atoms with Gasteiger partial charge in [-0.25, -0.2) is 0 Å². The maximum Gasteiger partial charge on any atom is 0.223 e. The van der Waals surface area contributed by atoms with Gasteiger partial charge in [0.15, 0.2) is 0 Å². The largest absolute Gasteiger partial charge is 0.335 e. The molecule has 0 heterocycles. The normalized spacial score (nSPS) is 13.7. The third kappa shape index (κ3) is 5.33. The van der Waals surface area contributed by atoms with Crippen LogP contribution in [0, 0.1) is 13.8 Å². The van der Waals surface area contributed by atoms with E-state index in [1.165, 1.54) is 29.5 Å². The van der Waals surface area contributed by atoms with Gasteiger partial charge >= 0.3 is 0 Å². The molecule has 1 aromatic rings. The first-order chi connectivity index (χ1) is 9.61. The standard InChI is InChI=1S/C17H26N2O.ClH/c1-13-6-7-15(11-14(13)2)12-19(16-8-9-16)17(20)5-4-10-18-3;/h6-7,11,16,18H,4-5,8-10,12H2,1-3H3;1H. The van der Waals surface area contributed by atoms with E-state index in [1.54, 1.807) is 0 Å². The average molecular weight is 311 g/mol. The van der Waals surface area contributed by atoms with Crippen LogP contribution in [0.1, 0.15) is 42.4 Å². The predicted octanol–water partition coefficient (Wildman–Crippen LogP) is 3.22. The molecule has 0 unspecified atom stereocenters. The summed E-state index contributed by atoms with van der Waals surface area (Å²) in [4.78, 5) is 14.4. The number of carbonyl (C=O) groups is 1. The lowest BCUT2D eigenvalue weighted by molar-refractivity contribution is -0.132. The first kappa shape index (κ1) is 18.0. The van der Waals surface area contributed by atoms with Crippen LogP contribution in [0.3, 0.4) is 0 Å². The summed E-state index contributed by atoms with van der Waals surface area (Å²) >= 11 is 0. The van der Waals surface area contributed by atoms with Gasteiger partial charge in [-0.05, 0) is 63.4 Å². The van der Waals surface area contributed by atoms with E-state index in [2.05, 4.69) is 42.3 Å². The Hall–Kier alpha value is -1.06. The van der Waals surface area contributed by atoms with Gasteiger partial charge in [-0.15, -0.1) is 12.4 Å². The van der Waals surface area contributed by atoms with Crippen molar-refractivity contribution in [1.29, 1.82) is 0 Å². The summed E-state index contributed by atoms with van der Waals surface area (Å²) in [6, 6.07) is 7.00. The highest BCUT2D eigenvalue weighted by molar-refractivity contribution is 5.85. The molecule has 0 bridgehead atoms. The van der Waals surface area contributed by atoms with Crippen LogP contribution in [0.4, 0.5) is 0 Å². The van der Waals surface area contributed by atoms with Gasteiger partial charge < -0.3 is 10.2 Å². The highest BCUT2D eigenvalue weighted by Gasteiger charge is 2.32. The van der Waals surface area contributed by atoms with Gasteiger partial charge in [0.25, 0.3) is 0 Å². The number of benzene rings is 1. The van der Waals surface area contributed by atoms with E-state index < -0.39 is 0 Å². The molecule has 0 atom stereocenters. The lowest BCUT2D eigenvalue weighted by Crippen LogP contribution is -2.32. The lowest BCUT2D eigenvalue weighted by Gasteiger charge is -2.23. The second-order valence-electron chi connectivity index (χ2n) is 5.88. The van der Waals surface area contributed by atoms with E-state index in [0.29, 0.717) is 18.4 Å². The number of halogens is 1. The fourth-order valence-corrected chi connectivity index (χ4v) is 2.47. The van der Waals surface area contributed by atoms with Crippen molar-refractivity contribution in [3.05, 3.63) is 34.9 Å². The summed E-state index contributed by atoms with van der Waals surface area (Å²) in [6.07, 6.45) is 3.92. The molecule has 1 aliphatic carbocycles. The van der Waals surface area contributed by atoms with E-state index in [-0.39, 0.29) is 12.4 Å². The third-order valence-electron chi connectivity index (χ3n) is 4.05. The molecular weight excluding hydrogens is 284 g/mol. The Kier molecular flexibility index (Phi) is 7.20. The SMILES string of the molecule is CNCCCC(=O)N(Cc1ccc(C)c(C)c1)C1CC1.Cl. The fraction of sp³-hybridized carbons (Fsp3) is 0.588. The molecule has 3 nitrogen and oxygen atoms in total. The van der Waals surface area contributed by atoms with Crippen LogP contribution < -0.4 is 5.32 Å². The second-order valence-corrected chi connectivity index (χ2v) is 5.88. The summed E-state index contributed by atoms with van der Waals surface area (Å²) in [7, 11) is 1.93. The first-order valence-electron chi connectivity index (χ1n) is 7.62. The number of hydrogen-bond donors (Lipinski definition) is 1. The summed E-state index contributed by atoms with van der Waals surface area (Å²) in [5.41, 5.74) is 3.87.